The first-order valence-electron chi connectivity index (χ1n) is 6.00. The van der Waals surface area contributed by atoms with Crippen molar-refractivity contribution in [3.05, 3.63) is 64.3 Å². The zero-order valence-electron chi connectivity index (χ0n) is 10.3. The minimum atomic E-state index is 0.202. The van der Waals surface area contributed by atoms with Crippen LogP contribution in [0.3, 0.4) is 0 Å². The van der Waals surface area contributed by atoms with Gasteiger partial charge in [0.15, 0.2) is 6.29 Å². The van der Waals surface area contributed by atoms with Crippen LogP contribution in [0.25, 0.3) is 22.0 Å². The summed E-state index contributed by atoms with van der Waals surface area (Å²) in [5.74, 6) is 0. The van der Waals surface area contributed by atoms with Gasteiger partial charge in [-0.2, -0.15) is 0 Å². The van der Waals surface area contributed by atoms with Crippen molar-refractivity contribution in [2.24, 2.45) is 0 Å². The lowest BCUT2D eigenvalue weighted by atomic mass is 9.97. The zero-order valence-corrected chi connectivity index (χ0v) is 11.8. The summed E-state index contributed by atoms with van der Waals surface area (Å²) in [6.07, 6.45) is 0.734. The SMILES string of the molecule is O=Cc1c(Cl)nc2ccc(Cl)cc2c1-c1ccccc1. The number of carbonyl (C=O) groups is 1. The first-order valence-corrected chi connectivity index (χ1v) is 6.75. The highest BCUT2D eigenvalue weighted by Crippen LogP contribution is 2.35. The molecule has 0 aliphatic rings. The largest absolute Gasteiger partial charge is 0.298 e. The Morgan fingerprint density at radius 2 is 1.75 bits per heavy atom. The maximum absolute atomic E-state index is 11.4. The summed E-state index contributed by atoms with van der Waals surface area (Å²) < 4.78 is 0. The second-order valence-corrected chi connectivity index (χ2v) is 5.13. The van der Waals surface area contributed by atoms with Gasteiger partial charge in [-0.1, -0.05) is 53.5 Å². The monoisotopic (exact) mass is 301 g/mol. The number of halogens is 2. The molecule has 0 amide bonds. The lowest BCUT2D eigenvalue weighted by molar-refractivity contribution is 0.112. The summed E-state index contributed by atoms with van der Waals surface area (Å²) in [5.41, 5.74) is 2.76. The van der Waals surface area contributed by atoms with Gasteiger partial charge >= 0.3 is 0 Å². The Bertz CT molecular complexity index is 800. The molecule has 0 saturated heterocycles. The number of hydrogen-bond donors (Lipinski definition) is 0. The molecule has 0 aliphatic carbocycles. The minimum absolute atomic E-state index is 0.202. The molecule has 4 heteroatoms. The smallest absolute Gasteiger partial charge is 0.153 e. The molecule has 0 unspecified atom stereocenters. The van der Waals surface area contributed by atoms with Gasteiger partial charge in [-0.3, -0.25) is 4.79 Å². The molecule has 0 saturated carbocycles. The van der Waals surface area contributed by atoms with Crippen molar-refractivity contribution in [3.8, 4) is 11.1 Å². The standard InChI is InChI=1S/C16H9Cl2NO/c17-11-6-7-14-12(8-11)15(10-4-2-1-3-5-10)13(9-20)16(18)19-14/h1-9H. The molecule has 0 atom stereocenters. The van der Waals surface area contributed by atoms with Crippen molar-refractivity contribution >= 4 is 40.4 Å². The number of fused-ring (bicyclic) bond motifs is 1. The molecular weight excluding hydrogens is 293 g/mol. The number of aromatic nitrogens is 1. The fourth-order valence-corrected chi connectivity index (χ4v) is 2.65. The van der Waals surface area contributed by atoms with Crippen molar-refractivity contribution in [3.63, 3.8) is 0 Å². The predicted octanol–water partition coefficient (Wildman–Crippen LogP) is 5.02. The molecule has 0 aliphatic heterocycles. The van der Waals surface area contributed by atoms with Crippen LogP contribution in [0.1, 0.15) is 10.4 Å². The van der Waals surface area contributed by atoms with Gasteiger partial charge in [0.05, 0.1) is 11.1 Å². The van der Waals surface area contributed by atoms with Crippen LogP contribution < -0.4 is 0 Å². The van der Waals surface area contributed by atoms with Crippen LogP contribution in [-0.4, -0.2) is 11.3 Å². The predicted molar refractivity (Wildman–Crippen MR) is 82.6 cm³/mol. The van der Waals surface area contributed by atoms with Gasteiger partial charge in [-0.05, 0) is 23.8 Å². The molecule has 0 radical (unpaired) electrons. The second-order valence-electron chi connectivity index (χ2n) is 4.34. The quantitative estimate of drug-likeness (QED) is 0.491. The van der Waals surface area contributed by atoms with E-state index < -0.39 is 0 Å². The highest BCUT2D eigenvalue weighted by Gasteiger charge is 2.15. The number of hydrogen-bond acceptors (Lipinski definition) is 2. The Balaban J connectivity index is 2.48. The van der Waals surface area contributed by atoms with Crippen molar-refractivity contribution in [2.75, 3.05) is 0 Å². The first-order chi connectivity index (χ1) is 9.70. The Morgan fingerprint density at radius 1 is 1.00 bits per heavy atom. The van der Waals surface area contributed by atoms with Crippen LogP contribution in [0, 0.1) is 0 Å². The zero-order chi connectivity index (χ0) is 14.1. The fraction of sp³-hybridized carbons (Fsp3) is 0. The summed E-state index contributed by atoms with van der Waals surface area (Å²) in [7, 11) is 0. The molecule has 0 fully saturated rings. The van der Waals surface area contributed by atoms with Gasteiger partial charge in [0.1, 0.15) is 5.15 Å². The van der Waals surface area contributed by atoms with E-state index in [9.17, 15) is 4.79 Å². The first kappa shape index (κ1) is 13.1. The van der Waals surface area contributed by atoms with E-state index in [0.29, 0.717) is 16.1 Å². The molecule has 1 aromatic heterocycles. The highest BCUT2D eigenvalue weighted by molar-refractivity contribution is 6.34. The number of rotatable bonds is 2. The molecule has 0 N–H and O–H groups in total. The molecule has 2 nitrogen and oxygen atoms in total. The maximum Gasteiger partial charge on any atom is 0.153 e. The summed E-state index contributed by atoms with van der Waals surface area (Å²) in [6.45, 7) is 0. The van der Waals surface area contributed by atoms with Crippen molar-refractivity contribution in [2.45, 2.75) is 0 Å². The molecular formula is C16H9Cl2NO. The number of carbonyl (C=O) groups excluding carboxylic acids is 1. The van der Waals surface area contributed by atoms with Crippen molar-refractivity contribution < 1.29 is 4.79 Å². The van der Waals surface area contributed by atoms with Crippen molar-refractivity contribution in [1.29, 1.82) is 0 Å². The van der Waals surface area contributed by atoms with Crippen LogP contribution >= 0.6 is 23.2 Å². The van der Waals surface area contributed by atoms with Gasteiger partial charge in [0.2, 0.25) is 0 Å². The Hall–Kier alpha value is -1.90. The van der Waals surface area contributed by atoms with Gasteiger partial charge in [-0.25, -0.2) is 4.98 Å². The van der Waals surface area contributed by atoms with Gasteiger partial charge in [0.25, 0.3) is 0 Å². The summed E-state index contributed by atoms with van der Waals surface area (Å²) >= 11 is 12.2. The molecule has 3 rings (SSSR count). The third-order valence-corrected chi connectivity index (χ3v) is 3.64. The molecule has 1 heterocycles. The lowest BCUT2D eigenvalue weighted by Crippen LogP contribution is -1.95. The van der Waals surface area contributed by atoms with E-state index in [0.717, 1.165) is 22.8 Å². The van der Waals surface area contributed by atoms with E-state index in [-0.39, 0.29) is 5.15 Å². The lowest BCUT2D eigenvalue weighted by Gasteiger charge is -2.11. The second kappa shape index (κ2) is 5.23. The number of aldehydes is 1. The molecule has 3 aromatic rings. The molecule has 0 bridgehead atoms. The van der Waals surface area contributed by atoms with E-state index in [1.807, 2.05) is 30.3 Å². The molecule has 2 aromatic carbocycles. The normalized spacial score (nSPS) is 10.7. The van der Waals surface area contributed by atoms with Crippen LogP contribution in [-0.2, 0) is 0 Å². The fourth-order valence-electron chi connectivity index (χ4n) is 2.24. The molecule has 98 valence electrons. The Kier molecular flexibility index (Phi) is 3.43. The van der Waals surface area contributed by atoms with E-state index in [4.69, 9.17) is 23.2 Å². The van der Waals surface area contributed by atoms with Crippen LogP contribution in [0.5, 0.6) is 0 Å². The third-order valence-electron chi connectivity index (χ3n) is 3.12. The minimum Gasteiger partial charge on any atom is -0.298 e. The number of nitrogens with zero attached hydrogens (tertiary/aromatic N) is 1. The van der Waals surface area contributed by atoms with Crippen LogP contribution in [0.15, 0.2) is 48.5 Å². The average Bonchev–Trinajstić information content (AvgIpc) is 2.47. The molecule has 0 spiro atoms. The highest BCUT2D eigenvalue weighted by atomic mass is 35.5. The summed E-state index contributed by atoms with van der Waals surface area (Å²) in [5, 5.41) is 1.61. The number of benzene rings is 2. The van der Waals surface area contributed by atoms with Gasteiger partial charge < -0.3 is 0 Å². The topological polar surface area (TPSA) is 30.0 Å². The third kappa shape index (κ3) is 2.17. The molecule has 20 heavy (non-hydrogen) atoms. The van der Waals surface area contributed by atoms with Crippen LogP contribution in [0.4, 0.5) is 0 Å². The Morgan fingerprint density at radius 3 is 2.45 bits per heavy atom. The Labute approximate surface area is 126 Å². The van der Waals surface area contributed by atoms with E-state index >= 15 is 0 Å². The van der Waals surface area contributed by atoms with E-state index in [1.165, 1.54) is 0 Å². The summed E-state index contributed by atoms with van der Waals surface area (Å²) in [4.78, 5) is 15.6. The van der Waals surface area contributed by atoms with Gasteiger partial charge in [0, 0.05) is 16.0 Å². The maximum atomic E-state index is 11.4. The van der Waals surface area contributed by atoms with Crippen molar-refractivity contribution in [1.82, 2.24) is 4.98 Å². The number of pyridine rings is 1. The van der Waals surface area contributed by atoms with E-state index in [1.54, 1.807) is 18.2 Å². The van der Waals surface area contributed by atoms with Gasteiger partial charge in [-0.15, -0.1) is 0 Å². The summed E-state index contributed by atoms with van der Waals surface area (Å²) in [6, 6.07) is 15.0. The van der Waals surface area contributed by atoms with E-state index in [2.05, 4.69) is 4.98 Å². The van der Waals surface area contributed by atoms with Crippen LogP contribution in [0.2, 0.25) is 10.2 Å². The average molecular weight is 302 g/mol.